The van der Waals surface area contributed by atoms with Gasteiger partial charge in [-0.1, -0.05) is 17.7 Å². The Bertz CT molecular complexity index is 1280. The molecule has 2 heterocycles. The van der Waals surface area contributed by atoms with Crippen molar-refractivity contribution in [2.24, 2.45) is 0 Å². The van der Waals surface area contributed by atoms with E-state index in [0.29, 0.717) is 34.3 Å². The average Bonchev–Trinajstić information content (AvgIpc) is 2.76. The van der Waals surface area contributed by atoms with Crippen LogP contribution >= 0.6 is 11.6 Å². The van der Waals surface area contributed by atoms with Crippen molar-refractivity contribution in [2.45, 2.75) is 19.6 Å². The van der Waals surface area contributed by atoms with Gasteiger partial charge >= 0.3 is 6.03 Å². The van der Waals surface area contributed by atoms with Crippen LogP contribution in [-0.4, -0.2) is 29.1 Å². The molecule has 0 spiro atoms. The Morgan fingerprint density at radius 1 is 1.35 bits per heavy atom. The number of amides is 2. The number of ether oxygens (including phenoxy) is 1. The standard InChI is InChI=1S/C22H18ClFN4O3/c1-2-28(22(30)26-13-4-6-17(24)16(23)8-13)19-11-31-10-18-20(19)14-5-3-12(9-25)7-15(14)21(29)27-18/h3-8,19H,2,10-11H2,1H3,(H,26,30)(H,27,29)/t19-/m1/s1. The highest BCUT2D eigenvalue weighted by Gasteiger charge is 2.32. The third-order valence-corrected chi connectivity index (χ3v) is 5.57. The van der Waals surface area contributed by atoms with Crippen LogP contribution in [0.3, 0.4) is 0 Å². The summed E-state index contributed by atoms with van der Waals surface area (Å²) in [7, 11) is 0. The van der Waals surface area contributed by atoms with E-state index in [1.54, 1.807) is 17.0 Å². The molecule has 9 heteroatoms. The molecular formula is C22H18ClFN4O3. The van der Waals surface area contributed by atoms with E-state index in [1.807, 2.05) is 13.0 Å². The van der Waals surface area contributed by atoms with E-state index in [9.17, 15) is 19.2 Å². The van der Waals surface area contributed by atoms with Gasteiger partial charge in [-0.2, -0.15) is 5.26 Å². The van der Waals surface area contributed by atoms with E-state index < -0.39 is 17.9 Å². The number of anilines is 1. The molecule has 4 rings (SSSR count). The van der Waals surface area contributed by atoms with Crippen molar-refractivity contribution in [1.29, 1.82) is 5.26 Å². The molecule has 31 heavy (non-hydrogen) atoms. The number of carbonyl (C=O) groups is 1. The van der Waals surface area contributed by atoms with Crippen molar-refractivity contribution in [3.8, 4) is 6.07 Å². The van der Waals surface area contributed by atoms with Crippen molar-refractivity contribution >= 4 is 34.1 Å². The second-order valence-corrected chi connectivity index (χ2v) is 7.50. The molecule has 0 radical (unpaired) electrons. The van der Waals surface area contributed by atoms with E-state index in [-0.39, 0.29) is 23.8 Å². The maximum absolute atomic E-state index is 13.4. The number of fused-ring (bicyclic) bond motifs is 3. The zero-order valence-corrected chi connectivity index (χ0v) is 17.3. The zero-order valence-electron chi connectivity index (χ0n) is 16.5. The predicted octanol–water partition coefficient (Wildman–Crippen LogP) is 4.32. The predicted molar refractivity (Wildman–Crippen MR) is 114 cm³/mol. The SMILES string of the molecule is CCN(C(=O)Nc1ccc(F)c(Cl)c1)[C@@H]1COCc2[nH]c(=O)c3cc(C#N)ccc3c21. The van der Waals surface area contributed by atoms with Crippen LogP contribution in [0.2, 0.25) is 5.02 Å². The molecule has 0 saturated heterocycles. The van der Waals surface area contributed by atoms with E-state index in [4.69, 9.17) is 16.3 Å². The summed E-state index contributed by atoms with van der Waals surface area (Å²) in [5.74, 6) is -0.575. The largest absolute Gasteiger partial charge is 0.373 e. The van der Waals surface area contributed by atoms with Crippen molar-refractivity contribution in [2.75, 3.05) is 18.5 Å². The number of urea groups is 1. The van der Waals surface area contributed by atoms with Crippen LogP contribution in [0.5, 0.6) is 0 Å². The van der Waals surface area contributed by atoms with Gasteiger partial charge in [0.1, 0.15) is 5.82 Å². The molecule has 2 amide bonds. The first kappa shape index (κ1) is 20.8. The molecule has 0 unspecified atom stereocenters. The lowest BCUT2D eigenvalue weighted by Gasteiger charge is -2.35. The van der Waals surface area contributed by atoms with Crippen LogP contribution in [0.15, 0.2) is 41.2 Å². The molecule has 2 N–H and O–H groups in total. The molecule has 0 fully saturated rings. The number of carbonyl (C=O) groups excluding carboxylic acids is 1. The van der Waals surface area contributed by atoms with Crippen molar-refractivity contribution in [3.05, 3.63) is 74.4 Å². The number of aromatic amines is 1. The Morgan fingerprint density at radius 3 is 2.87 bits per heavy atom. The molecular weight excluding hydrogens is 423 g/mol. The van der Waals surface area contributed by atoms with E-state index >= 15 is 0 Å². The fourth-order valence-electron chi connectivity index (χ4n) is 3.84. The summed E-state index contributed by atoms with van der Waals surface area (Å²) in [6, 6.07) is 10.00. The lowest BCUT2D eigenvalue weighted by atomic mass is 9.94. The highest BCUT2D eigenvalue weighted by atomic mass is 35.5. The van der Waals surface area contributed by atoms with Crippen molar-refractivity contribution in [3.63, 3.8) is 0 Å². The summed E-state index contributed by atoms with van der Waals surface area (Å²) < 4.78 is 19.1. The first-order valence-corrected chi connectivity index (χ1v) is 10.00. The summed E-state index contributed by atoms with van der Waals surface area (Å²) >= 11 is 5.81. The minimum atomic E-state index is -0.575. The van der Waals surface area contributed by atoms with E-state index in [2.05, 4.69) is 10.3 Å². The number of H-pyrrole nitrogens is 1. The summed E-state index contributed by atoms with van der Waals surface area (Å²) in [4.78, 5) is 30.0. The van der Waals surface area contributed by atoms with Gasteiger partial charge in [0.05, 0.1) is 35.9 Å². The van der Waals surface area contributed by atoms with Crippen molar-refractivity contribution < 1.29 is 13.9 Å². The number of pyridine rings is 1. The average molecular weight is 441 g/mol. The number of hydrogen-bond acceptors (Lipinski definition) is 4. The zero-order chi connectivity index (χ0) is 22.1. The number of aromatic nitrogens is 1. The lowest BCUT2D eigenvalue weighted by Crippen LogP contribution is -2.42. The summed E-state index contributed by atoms with van der Waals surface area (Å²) in [6.07, 6.45) is 0. The summed E-state index contributed by atoms with van der Waals surface area (Å²) in [5, 5.41) is 12.9. The third-order valence-electron chi connectivity index (χ3n) is 5.28. The van der Waals surface area contributed by atoms with Gasteiger partial charge in [-0.25, -0.2) is 9.18 Å². The molecule has 1 aliphatic rings. The van der Waals surface area contributed by atoms with Crippen LogP contribution in [0.25, 0.3) is 10.8 Å². The van der Waals surface area contributed by atoms with Gasteiger partial charge in [0, 0.05) is 28.9 Å². The van der Waals surface area contributed by atoms with Crippen LogP contribution in [0, 0.1) is 17.1 Å². The van der Waals surface area contributed by atoms with Crippen LogP contribution in [0.4, 0.5) is 14.9 Å². The molecule has 0 aliphatic carbocycles. The number of halogens is 2. The van der Waals surface area contributed by atoms with Crippen LogP contribution < -0.4 is 10.9 Å². The smallest absolute Gasteiger partial charge is 0.322 e. The van der Waals surface area contributed by atoms with Crippen LogP contribution in [-0.2, 0) is 11.3 Å². The first-order valence-electron chi connectivity index (χ1n) is 9.62. The number of rotatable bonds is 3. The molecule has 1 aromatic heterocycles. The molecule has 7 nitrogen and oxygen atoms in total. The van der Waals surface area contributed by atoms with E-state index in [1.165, 1.54) is 24.3 Å². The number of hydrogen-bond donors (Lipinski definition) is 2. The number of nitrogens with zero attached hydrogens (tertiary/aromatic N) is 2. The van der Waals surface area contributed by atoms with Gasteiger partial charge in [-0.05, 0) is 42.6 Å². The Labute approximate surface area is 182 Å². The Balaban J connectivity index is 1.75. The topological polar surface area (TPSA) is 98.2 Å². The first-order chi connectivity index (χ1) is 14.9. The molecule has 0 saturated carbocycles. The minimum absolute atomic E-state index is 0.0935. The fourth-order valence-corrected chi connectivity index (χ4v) is 4.02. The second-order valence-electron chi connectivity index (χ2n) is 7.09. The van der Waals surface area contributed by atoms with Gasteiger partial charge in [0.15, 0.2) is 0 Å². The molecule has 1 aliphatic heterocycles. The molecule has 0 bridgehead atoms. The van der Waals surface area contributed by atoms with E-state index in [0.717, 1.165) is 5.56 Å². The molecule has 3 aromatic rings. The third kappa shape index (κ3) is 3.85. The molecule has 158 valence electrons. The molecule has 2 aromatic carbocycles. The number of likely N-dealkylation sites (N-methyl/N-ethyl adjacent to an activating group) is 1. The summed E-state index contributed by atoms with van der Waals surface area (Å²) in [5.41, 5.74) is 1.79. The Hall–Kier alpha value is -3.41. The maximum atomic E-state index is 13.4. The van der Waals surface area contributed by atoms with Gasteiger partial charge in [-0.15, -0.1) is 0 Å². The Kier molecular flexibility index (Phi) is 5.63. The Morgan fingerprint density at radius 2 is 2.16 bits per heavy atom. The van der Waals surface area contributed by atoms with Crippen molar-refractivity contribution in [1.82, 2.24) is 9.88 Å². The van der Waals surface area contributed by atoms with Gasteiger partial charge < -0.3 is 19.9 Å². The highest BCUT2D eigenvalue weighted by molar-refractivity contribution is 6.31. The van der Waals surface area contributed by atoms with Gasteiger partial charge in [0.2, 0.25) is 0 Å². The normalized spacial score (nSPS) is 15.2. The molecule has 1 atom stereocenters. The van der Waals surface area contributed by atoms with Crippen LogP contribution in [0.1, 0.15) is 29.8 Å². The second kappa shape index (κ2) is 8.38. The number of nitriles is 1. The summed E-state index contributed by atoms with van der Waals surface area (Å²) in [6.45, 7) is 2.63. The quantitative estimate of drug-likeness (QED) is 0.633. The van der Waals surface area contributed by atoms with Gasteiger partial charge in [-0.3, -0.25) is 4.79 Å². The highest BCUT2D eigenvalue weighted by Crippen LogP contribution is 2.34. The minimum Gasteiger partial charge on any atom is -0.373 e. The lowest BCUT2D eigenvalue weighted by molar-refractivity contribution is 0.0471. The number of nitrogens with one attached hydrogen (secondary N) is 2. The van der Waals surface area contributed by atoms with Gasteiger partial charge in [0.25, 0.3) is 5.56 Å². The monoisotopic (exact) mass is 440 g/mol. The number of benzene rings is 2. The maximum Gasteiger partial charge on any atom is 0.322 e. The fraction of sp³-hybridized carbons (Fsp3) is 0.227.